The number of rotatable bonds is 4. The highest BCUT2D eigenvalue weighted by atomic mass is 16.5. The van der Waals surface area contributed by atoms with Crippen molar-refractivity contribution in [2.24, 2.45) is 0 Å². The molecule has 0 spiro atoms. The molecule has 2 aliphatic heterocycles. The van der Waals surface area contributed by atoms with Crippen molar-refractivity contribution in [2.75, 3.05) is 7.11 Å². The molecule has 3 atom stereocenters. The Bertz CT molecular complexity index is 777. The number of carbonyl (C=O) groups is 1. The van der Waals surface area contributed by atoms with Gasteiger partial charge in [0.2, 0.25) is 5.91 Å². The maximum Gasteiger partial charge on any atom is 0.227 e. The van der Waals surface area contributed by atoms with E-state index in [0.717, 1.165) is 34.9 Å². The van der Waals surface area contributed by atoms with Crippen LogP contribution in [0.15, 0.2) is 36.4 Å². The minimum Gasteiger partial charge on any atom is -0.497 e. The zero-order chi connectivity index (χ0) is 17.4. The summed E-state index contributed by atoms with van der Waals surface area (Å²) in [5.41, 5.74) is 1.06. The summed E-state index contributed by atoms with van der Waals surface area (Å²) in [6, 6.07) is 13.8. The predicted octanol–water partition coefficient (Wildman–Crippen LogP) is 3.35. The third-order valence-electron chi connectivity index (χ3n) is 5.78. The first-order chi connectivity index (χ1) is 12.1. The number of methoxy groups -OCH3 is 1. The molecule has 25 heavy (non-hydrogen) atoms. The lowest BCUT2D eigenvalue weighted by Gasteiger charge is -2.30. The van der Waals surface area contributed by atoms with Crippen LogP contribution in [-0.2, 0) is 4.79 Å². The average Bonchev–Trinajstić information content (AvgIpc) is 2.98. The fourth-order valence-corrected chi connectivity index (χ4v) is 4.29. The van der Waals surface area contributed by atoms with Gasteiger partial charge in [-0.2, -0.15) is 0 Å². The summed E-state index contributed by atoms with van der Waals surface area (Å²) >= 11 is 0. The molecule has 2 N–H and O–H groups in total. The first-order valence-electron chi connectivity index (χ1n) is 9.26. The van der Waals surface area contributed by atoms with E-state index in [9.17, 15) is 4.79 Å². The molecule has 0 aromatic heterocycles. The molecular formula is C21H26N2O2. The van der Waals surface area contributed by atoms with E-state index in [1.807, 2.05) is 25.1 Å². The van der Waals surface area contributed by atoms with Crippen molar-refractivity contribution in [3.05, 3.63) is 42.0 Å². The molecule has 1 amide bonds. The number of hydrogen-bond donors (Lipinski definition) is 2. The molecule has 0 aliphatic carbocycles. The molecule has 132 valence electrons. The second kappa shape index (κ2) is 6.68. The Morgan fingerprint density at radius 3 is 2.52 bits per heavy atom. The van der Waals surface area contributed by atoms with Gasteiger partial charge in [-0.3, -0.25) is 4.79 Å². The first kappa shape index (κ1) is 16.4. The molecule has 0 radical (unpaired) electrons. The number of ether oxygens (including phenoxy) is 1. The lowest BCUT2D eigenvalue weighted by molar-refractivity contribution is -0.123. The van der Waals surface area contributed by atoms with E-state index in [-0.39, 0.29) is 11.8 Å². The highest BCUT2D eigenvalue weighted by Gasteiger charge is 2.34. The van der Waals surface area contributed by atoms with Gasteiger partial charge in [0, 0.05) is 18.1 Å². The average molecular weight is 338 g/mol. The molecule has 2 saturated heterocycles. The van der Waals surface area contributed by atoms with Gasteiger partial charge < -0.3 is 15.4 Å². The van der Waals surface area contributed by atoms with E-state index in [1.165, 1.54) is 12.8 Å². The molecule has 4 rings (SSSR count). The summed E-state index contributed by atoms with van der Waals surface area (Å²) < 4.78 is 5.28. The highest BCUT2D eigenvalue weighted by Crippen LogP contribution is 2.28. The number of piperidine rings is 1. The van der Waals surface area contributed by atoms with Crippen LogP contribution in [0, 0.1) is 0 Å². The van der Waals surface area contributed by atoms with E-state index >= 15 is 0 Å². The summed E-state index contributed by atoms with van der Waals surface area (Å²) in [6.07, 6.45) is 4.63. The monoisotopic (exact) mass is 338 g/mol. The van der Waals surface area contributed by atoms with Gasteiger partial charge in [0.25, 0.3) is 0 Å². The predicted molar refractivity (Wildman–Crippen MR) is 100 cm³/mol. The number of fused-ring (bicyclic) bond motifs is 3. The number of benzene rings is 2. The molecule has 2 bridgehead atoms. The molecule has 4 heteroatoms. The zero-order valence-corrected chi connectivity index (χ0v) is 14.9. The third-order valence-corrected chi connectivity index (χ3v) is 5.78. The second-order valence-corrected chi connectivity index (χ2v) is 7.51. The summed E-state index contributed by atoms with van der Waals surface area (Å²) in [6.45, 7) is 2.00. The maximum atomic E-state index is 12.7. The van der Waals surface area contributed by atoms with Gasteiger partial charge in [-0.05, 0) is 61.1 Å². The maximum absolute atomic E-state index is 12.7. The highest BCUT2D eigenvalue weighted by molar-refractivity contribution is 5.88. The van der Waals surface area contributed by atoms with Gasteiger partial charge in [0.1, 0.15) is 5.75 Å². The van der Waals surface area contributed by atoms with Gasteiger partial charge in [0.15, 0.2) is 0 Å². The van der Waals surface area contributed by atoms with Crippen molar-refractivity contribution >= 4 is 16.7 Å². The van der Waals surface area contributed by atoms with E-state index in [4.69, 9.17) is 4.74 Å². The minimum absolute atomic E-state index is 0.138. The summed E-state index contributed by atoms with van der Waals surface area (Å²) in [4.78, 5) is 12.7. The van der Waals surface area contributed by atoms with E-state index in [2.05, 4.69) is 28.8 Å². The van der Waals surface area contributed by atoms with Crippen LogP contribution in [0.3, 0.4) is 0 Å². The van der Waals surface area contributed by atoms with Crippen molar-refractivity contribution in [1.82, 2.24) is 10.6 Å². The van der Waals surface area contributed by atoms with Gasteiger partial charge in [0.05, 0.1) is 13.0 Å². The zero-order valence-electron chi connectivity index (χ0n) is 14.9. The Morgan fingerprint density at radius 1 is 1.12 bits per heavy atom. The topological polar surface area (TPSA) is 50.4 Å². The van der Waals surface area contributed by atoms with Crippen LogP contribution in [0.2, 0.25) is 0 Å². The van der Waals surface area contributed by atoms with E-state index in [1.54, 1.807) is 7.11 Å². The van der Waals surface area contributed by atoms with Crippen LogP contribution in [-0.4, -0.2) is 31.1 Å². The fourth-order valence-electron chi connectivity index (χ4n) is 4.29. The molecule has 0 saturated carbocycles. The molecule has 3 unspecified atom stereocenters. The fraction of sp³-hybridized carbons (Fsp3) is 0.476. The van der Waals surface area contributed by atoms with Crippen LogP contribution in [0.4, 0.5) is 0 Å². The van der Waals surface area contributed by atoms with Crippen LogP contribution in [0.1, 0.15) is 44.1 Å². The van der Waals surface area contributed by atoms with Crippen LogP contribution >= 0.6 is 0 Å². The number of hydrogen-bond acceptors (Lipinski definition) is 3. The number of carbonyl (C=O) groups excluding carboxylic acids is 1. The molecule has 2 fully saturated rings. The smallest absolute Gasteiger partial charge is 0.227 e. The van der Waals surface area contributed by atoms with Crippen LogP contribution < -0.4 is 15.4 Å². The Hall–Kier alpha value is -2.07. The van der Waals surface area contributed by atoms with Crippen molar-refractivity contribution < 1.29 is 9.53 Å². The molecular weight excluding hydrogens is 312 g/mol. The Labute approximate surface area is 148 Å². The normalized spacial score (nSPS) is 26.4. The summed E-state index contributed by atoms with van der Waals surface area (Å²) in [5.74, 6) is 0.852. The lowest BCUT2D eigenvalue weighted by Crippen LogP contribution is -2.48. The largest absolute Gasteiger partial charge is 0.497 e. The lowest BCUT2D eigenvalue weighted by atomic mass is 9.95. The Kier molecular flexibility index (Phi) is 4.38. The van der Waals surface area contributed by atoms with Crippen molar-refractivity contribution in [2.45, 2.75) is 56.7 Å². The van der Waals surface area contributed by atoms with Crippen molar-refractivity contribution in [3.63, 3.8) is 0 Å². The quantitative estimate of drug-likeness (QED) is 0.899. The summed E-state index contributed by atoms with van der Waals surface area (Å²) in [5, 5.41) is 9.17. The number of amides is 1. The van der Waals surface area contributed by atoms with Crippen molar-refractivity contribution in [1.29, 1.82) is 0 Å². The second-order valence-electron chi connectivity index (χ2n) is 7.51. The molecule has 2 heterocycles. The SMILES string of the molecule is COc1ccc2cc(C(C)C(=O)NC3CC4CCC(C3)N4)ccc2c1. The Morgan fingerprint density at radius 2 is 1.80 bits per heavy atom. The van der Waals surface area contributed by atoms with Gasteiger partial charge in [-0.15, -0.1) is 0 Å². The van der Waals surface area contributed by atoms with E-state index in [0.29, 0.717) is 18.1 Å². The molecule has 2 aromatic carbocycles. The Balaban J connectivity index is 1.47. The van der Waals surface area contributed by atoms with E-state index < -0.39 is 0 Å². The van der Waals surface area contributed by atoms with Crippen LogP contribution in [0.25, 0.3) is 10.8 Å². The van der Waals surface area contributed by atoms with Gasteiger partial charge in [-0.25, -0.2) is 0 Å². The molecule has 2 aliphatic rings. The first-order valence-corrected chi connectivity index (χ1v) is 9.26. The standard InChI is InChI=1S/C21H26N2O2/c1-13(21(24)23-19-11-17-6-7-18(12-19)22-17)14-3-4-16-10-20(25-2)8-5-15(16)9-14/h3-5,8-10,13,17-19,22H,6-7,11-12H2,1-2H3,(H,23,24). The van der Waals surface area contributed by atoms with Crippen molar-refractivity contribution in [3.8, 4) is 5.75 Å². The molecule has 4 nitrogen and oxygen atoms in total. The molecule has 2 aromatic rings. The van der Waals surface area contributed by atoms with Crippen LogP contribution in [0.5, 0.6) is 5.75 Å². The van der Waals surface area contributed by atoms with Gasteiger partial charge >= 0.3 is 0 Å². The third kappa shape index (κ3) is 3.36. The van der Waals surface area contributed by atoms with Gasteiger partial charge in [-0.1, -0.05) is 24.3 Å². The minimum atomic E-state index is -0.140. The number of nitrogens with one attached hydrogen (secondary N) is 2. The summed E-state index contributed by atoms with van der Waals surface area (Å²) in [7, 11) is 1.68.